The number of aromatic nitrogens is 3. The van der Waals surface area contributed by atoms with Gasteiger partial charge >= 0.3 is 5.97 Å². The normalized spacial score (nSPS) is 10.3. The molecular weight excluding hydrogens is 236 g/mol. The number of aromatic carboxylic acids is 1. The molecule has 7 heteroatoms. The monoisotopic (exact) mass is 248 g/mol. The molecular formula is C11H12N4O3. The van der Waals surface area contributed by atoms with E-state index in [1.807, 2.05) is 0 Å². The first kappa shape index (κ1) is 12.0. The van der Waals surface area contributed by atoms with E-state index >= 15 is 0 Å². The summed E-state index contributed by atoms with van der Waals surface area (Å²) in [5, 5.41) is 11.8. The van der Waals surface area contributed by atoms with E-state index in [1.165, 1.54) is 6.20 Å². The van der Waals surface area contributed by atoms with Crippen LogP contribution < -0.4 is 5.32 Å². The van der Waals surface area contributed by atoms with E-state index in [0.29, 0.717) is 24.1 Å². The highest BCUT2D eigenvalue weighted by Crippen LogP contribution is 2.08. The van der Waals surface area contributed by atoms with Gasteiger partial charge in [0, 0.05) is 6.20 Å². The molecule has 0 unspecified atom stereocenters. The Labute approximate surface area is 103 Å². The Hall–Kier alpha value is -2.44. The van der Waals surface area contributed by atoms with E-state index in [1.54, 1.807) is 20.0 Å². The Balaban J connectivity index is 2.06. The van der Waals surface area contributed by atoms with Gasteiger partial charge in [0.15, 0.2) is 0 Å². The summed E-state index contributed by atoms with van der Waals surface area (Å²) < 4.78 is 5.27. The molecule has 2 aromatic heterocycles. The lowest BCUT2D eigenvalue weighted by Gasteiger charge is -2.04. The zero-order chi connectivity index (χ0) is 13.1. The number of carboxylic acids is 1. The van der Waals surface area contributed by atoms with Crippen molar-refractivity contribution in [1.29, 1.82) is 0 Å². The smallest absolute Gasteiger partial charge is 0.339 e. The molecule has 0 aliphatic heterocycles. The van der Waals surface area contributed by atoms with Crippen LogP contribution in [0, 0.1) is 13.8 Å². The van der Waals surface area contributed by atoms with Crippen molar-refractivity contribution in [1.82, 2.24) is 15.0 Å². The van der Waals surface area contributed by atoms with Crippen LogP contribution in [0.25, 0.3) is 0 Å². The van der Waals surface area contributed by atoms with E-state index in [2.05, 4.69) is 20.3 Å². The molecule has 7 nitrogen and oxygen atoms in total. The average Bonchev–Trinajstić information content (AvgIpc) is 2.72. The van der Waals surface area contributed by atoms with Crippen LogP contribution in [-0.4, -0.2) is 26.0 Å². The first-order chi connectivity index (χ1) is 8.56. The standard InChI is InChI=1S/C11H12N4O3/c1-6-3-12-9(18-6)5-14-11-13-4-8(10(16)17)7(2)15-11/h3-4H,5H2,1-2H3,(H,16,17)(H,13,14,15). The van der Waals surface area contributed by atoms with Gasteiger partial charge in [0.25, 0.3) is 0 Å². The molecule has 0 bridgehead atoms. The largest absolute Gasteiger partial charge is 0.478 e. The number of rotatable bonds is 4. The van der Waals surface area contributed by atoms with Crippen LogP contribution in [-0.2, 0) is 6.54 Å². The Morgan fingerprint density at radius 3 is 2.72 bits per heavy atom. The van der Waals surface area contributed by atoms with Crippen molar-refractivity contribution in [2.45, 2.75) is 20.4 Å². The van der Waals surface area contributed by atoms with Crippen LogP contribution in [0.5, 0.6) is 0 Å². The molecule has 2 rings (SSSR count). The van der Waals surface area contributed by atoms with E-state index in [9.17, 15) is 4.79 Å². The molecule has 0 atom stereocenters. The lowest BCUT2D eigenvalue weighted by Crippen LogP contribution is -2.08. The third-order valence-electron chi connectivity index (χ3n) is 2.28. The molecule has 0 fully saturated rings. The third-order valence-corrected chi connectivity index (χ3v) is 2.28. The van der Waals surface area contributed by atoms with Crippen molar-refractivity contribution in [3.63, 3.8) is 0 Å². The Bertz CT molecular complexity index is 579. The van der Waals surface area contributed by atoms with E-state index in [-0.39, 0.29) is 5.56 Å². The van der Waals surface area contributed by atoms with Crippen molar-refractivity contribution in [3.05, 3.63) is 35.3 Å². The van der Waals surface area contributed by atoms with Crippen LogP contribution in [0.1, 0.15) is 27.7 Å². The summed E-state index contributed by atoms with van der Waals surface area (Å²) >= 11 is 0. The maximum absolute atomic E-state index is 10.8. The number of anilines is 1. The maximum atomic E-state index is 10.8. The SMILES string of the molecule is Cc1cnc(CNc2ncc(C(=O)O)c(C)n2)o1. The Morgan fingerprint density at radius 2 is 2.17 bits per heavy atom. The summed E-state index contributed by atoms with van der Waals surface area (Å²) in [6.07, 6.45) is 2.89. The third kappa shape index (κ3) is 2.62. The fourth-order valence-electron chi connectivity index (χ4n) is 1.40. The summed E-state index contributed by atoms with van der Waals surface area (Å²) in [6, 6.07) is 0. The minimum Gasteiger partial charge on any atom is -0.478 e. The van der Waals surface area contributed by atoms with Gasteiger partial charge in [-0.15, -0.1) is 0 Å². The van der Waals surface area contributed by atoms with Gasteiger partial charge < -0.3 is 14.8 Å². The lowest BCUT2D eigenvalue weighted by atomic mass is 10.2. The van der Waals surface area contributed by atoms with Crippen molar-refractivity contribution in [3.8, 4) is 0 Å². The van der Waals surface area contributed by atoms with Crippen molar-refractivity contribution in [2.75, 3.05) is 5.32 Å². The number of hydrogen-bond acceptors (Lipinski definition) is 6. The molecule has 0 aliphatic carbocycles. The second kappa shape index (κ2) is 4.82. The Morgan fingerprint density at radius 1 is 1.39 bits per heavy atom. The molecule has 0 saturated heterocycles. The molecule has 0 aromatic carbocycles. The van der Waals surface area contributed by atoms with Crippen molar-refractivity contribution in [2.24, 2.45) is 0 Å². The predicted molar refractivity (Wildman–Crippen MR) is 62.3 cm³/mol. The van der Waals surface area contributed by atoms with Gasteiger partial charge in [-0.2, -0.15) is 0 Å². The summed E-state index contributed by atoms with van der Waals surface area (Å²) in [5.41, 5.74) is 0.496. The van der Waals surface area contributed by atoms with Gasteiger partial charge in [0.05, 0.1) is 24.0 Å². The number of oxazole rings is 1. The molecule has 94 valence electrons. The van der Waals surface area contributed by atoms with Crippen molar-refractivity contribution < 1.29 is 14.3 Å². The molecule has 0 aliphatic rings. The summed E-state index contributed by atoms with van der Waals surface area (Å²) in [4.78, 5) is 22.8. The summed E-state index contributed by atoms with van der Waals surface area (Å²) in [5.74, 6) is 0.553. The van der Waals surface area contributed by atoms with Gasteiger partial charge in [-0.3, -0.25) is 0 Å². The average molecular weight is 248 g/mol. The van der Waals surface area contributed by atoms with Crippen LogP contribution in [0.4, 0.5) is 5.95 Å². The Kier molecular flexibility index (Phi) is 3.22. The van der Waals surface area contributed by atoms with Gasteiger partial charge in [0.2, 0.25) is 11.8 Å². The van der Waals surface area contributed by atoms with Crippen LogP contribution in [0.2, 0.25) is 0 Å². The first-order valence-electron chi connectivity index (χ1n) is 5.28. The molecule has 0 radical (unpaired) electrons. The minimum absolute atomic E-state index is 0.0903. The van der Waals surface area contributed by atoms with Crippen LogP contribution in [0.3, 0.4) is 0 Å². The number of hydrogen-bond donors (Lipinski definition) is 2. The highest BCUT2D eigenvalue weighted by atomic mass is 16.4. The van der Waals surface area contributed by atoms with Gasteiger partial charge in [-0.25, -0.2) is 19.7 Å². The van der Waals surface area contributed by atoms with Crippen LogP contribution >= 0.6 is 0 Å². The second-order valence-corrected chi connectivity index (χ2v) is 3.72. The maximum Gasteiger partial charge on any atom is 0.339 e. The van der Waals surface area contributed by atoms with Crippen molar-refractivity contribution >= 4 is 11.9 Å². The van der Waals surface area contributed by atoms with Gasteiger partial charge in [-0.05, 0) is 13.8 Å². The molecule has 0 spiro atoms. The summed E-state index contributed by atoms with van der Waals surface area (Å²) in [6.45, 7) is 3.77. The number of carboxylic acid groups (broad SMARTS) is 1. The second-order valence-electron chi connectivity index (χ2n) is 3.72. The number of nitrogens with zero attached hydrogens (tertiary/aromatic N) is 3. The molecule has 2 heterocycles. The molecule has 2 N–H and O–H groups in total. The van der Waals surface area contributed by atoms with Crippen LogP contribution in [0.15, 0.2) is 16.8 Å². The molecule has 18 heavy (non-hydrogen) atoms. The molecule has 0 saturated carbocycles. The topological polar surface area (TPSA) is 101 Å². The zero-order valence-electron chi connectivity index (χ0n) is 9.97. The molecule has 0 amide bonds. The minimum atomic E-state index is -1.04. The molecule has 2 aromatic rings. The van der Waals surface area contributed by atoms with E-state index < -0.39 is 5.97 Å². The number of nitrogens with one attached hydrogen (secondary N) is 1. The highest BCUT2D eigenvalue weighted by Gasteiger charge is 2.10. The number of carbonyl (C=O) groups is 1. The quantitative estimate of drug-likeness (QED) is 0.842. The predicted octanol–water partition coefficient (Wildman–Crippen LogP) is 1.39. The zero-order valence-corrected chi connectivity index (χ0v) is 9.97. The van der Waals surface area contributed by atoms with E-state index in [4.69, 9.17) is 9.52 Å². The fourth-order valence-corrected chi connectivity index (χ4v) is 1.40. The van der Waals surface area contributed by atoms with E-state index in [0.717, 1.165) is 5.76 Å². The van der Waals surface area contributed by atoms with Gasteiger partial charge in [-0.1, -0.05) is 0 Å². The summed E-state index contributed by atoms with van der Waals surface area (Å²) in [7, 11) is 0. The first-order valence-corrected chi connectivity index (χ1v) is 5.28. The van der Waals surface area contributed by atoms with Gasteiger partial charge in [0.1, 0.15) is 5.76 Å². The highest BCUT2D eigenvalue weighted by molar-refractivity contribution is 5.88. The fraction of sp³-hybridized carbons (Fsp3) is 0.273. The number of aryl methyl sites for hydroxylation is 2. The lowest BCUT2D eigenvalue weighted by molar-refractivity contribution is 0.0695.